The van der Waals surface area contributed by atoms with E-state index in [0.29, 0.717) is 17.9 Å². The van der Waals surface area contributed by atoms with Gasteiger partial charge in [0.2, 0.25) is 6.10 Å². The fourth-order valence-corrected chi connectivity index (χ4v) is 3.57. The number of alkyl carbamates (subject to hydrolysis) is 1. The highest BCUT2D eigenvalue weighted by atomic mass is 16.6. The van der Waals surface area contributed by atoms with Gasteiger partial charge in [0.15, 0.2) is 0 Å². The van der Waals surface area contributed by atoms with E-state index in [2.05, 4.69) is 49.5 Å². The number of hydrogen-bond acceptors (Lipinski definition) is 4. The number of cyclic esters (lactones) is 1. The topological polar surface area (TPSA) is 64.6 Å². The van der Waals surface area contributed by atoms with Crippen molar-refractivity contribution in [3.8, 4) is 16.9 Å². The van der Waals surface area contributed by atoms with Crippen molar-refractivity contribution >= 4 is 12.0 Å². The summed E-state index contributed by atoms with van der Waals surface area (Å²) in [4.78, 5) is 22.8. The second-order valence-corrected chi connectivity index (χ2v) is 7.10. The first-order valence-corrected chi connectivity index (χ1v) is 9.41. The van der Waals surface area contributed by atoms with Crippen LogP contribution in [0.3, 0.4) is 0 Å². The van der Waals surface area contributed by atoms with Crippen LogP contribution < -0.4 is 10.1 Å². The van der Waals surface area contributed by atoms with Crippen molar-refractivity contribution in [3.63, 3.8) is 0 Å². The minimum absolute atomic E-state index is 0.428. The van der Waals surface area contributed by atoms with Crippen LogP contribution >= 0.6 is 0 Å². The van der Waals surface area contributed by atoms with E-state index < -0.39 is 18.1 Å². The highest BCUT2D eigenvalue weighted by Crippen LogP contribution is 2.28. The predicted octanol–water partition coefficient (Wildman–Crippen LogP) is 4.86. The quantitative estimate of drug-likeness (QED) is 0.679. The van der Waals surface area contributed by atoms with Gasteiger partial charge in [0.25, 0.3) is 5.91 Å². The van der Waals surface area contributed by atoms with Crippen LogP contribution in [0.2, 0.25) is 0 Å². The first kappa shape index (κ1) is 18.7. The summed E-state index contributed by atoms with van der Waals surface area (Å²) in [5, 5.41) is 2.12. The molecule has 1 aliphatic rings. The highest BCUT2D eigenvalue weighted by Gasteiger charge is 2.33. The summed E-state index contributed by atoms with van der Waals surface area (Å²) in [7, 11) is 0. The highest BCUT2D eigenvalue weighted by molar-refractivity contribution is 6.00. The van der Waals surface area contributed by atoms with Crippen molar-refractivity contribution in [1.29, 1.82) is 0 Å². The first-order valence-electron chi connectivity index (χ1n) is 9.41. The zero-order chi connectivity index (χ0) is 20.4. The Balaban J connectivity index is 1.46. The van der Waals surface area contributed by atoms with E-state index in [-0.39, 0.29) is 0 Å². The molecule has 1 aliphatic heterocycles. The third-order valence-corrected chi connectivity index (χ3v) is 4.97. The molecule has 1 unspecified atom stereocenters. The smallest absolute Gasteiger partial charge is 0.415 e. The monoisotopic (exact) mass is 387 g/mol. The van der Waals surface area contributed by atoms with Crippen LogP contribution in [0, 0.1) is 13.8 Å². The third kappa shape index (κ3) is 3.99. The van der Waals surface area contributed by atoms with Gasteiger partial charge in [0.1, 0.15) is 12.4 Å². The van der Waals surface area contributed by atoms with Gasteiger partial charge in [-0.1, -0.05) is 48.5 Å². The minimum Gasteiger partial charge on any atom is -0.489 e. The predicted molar refractivity (Wildman–Crippen MR) is 109 cm³/mol. The van der Waals surface area contributed by atoms with Crippen LogP contribution in [0.1, 0.15) is 28.4 Å². The molecule has 0 aliphatic carbocycles. The number of hydrogen-bond donors (Lipinski definition) is 1. The molecular formula is C24H21NO4. The van der Waals surface area contributed by atoms with Gasteiger partial charge in [-0.05, 0) is 59.9 Å². The summed E-state index contributed by atoms with van der Waals surface area (Å²) < 4.78 is 10.9. The zero-order valence-corrected chi connectivity index (χ0v) is 16.3. The van der Waals surface area contributed by atoms with Gasteiger partial charge in [0, 0.05) is 5.56 Å². The Morgan fingerprint density at radius 2 is 1.62 bits per heavy atom. The Labute approximate surface area is 169 Å². The number of amides is 2. The maximum Gasteiger partial charge on any atom is 0.415 e. The lowest BCUT2D eigenvalue weighted by Gasteiger charge is -2.12. The van der Waals surface area contributed by atoms with Crippen LogP contribution in [-0.4, -0.2) is 12.0 Å². The van der Waals surface area contributed by atoms with Gasteiger partial charge in [0.05, 0.1) is 0 Å². The van der Waals surface area contributed by atoms with Crippen molar-refractivity contribution in [3.05, 3.63) is 89.0 Å². The number of carbonyl (C=O) groups is 2. The maximum absolute atomic E-state index is 11.7. The summed E-state index contributed by atoms with van der Waals surface area (Å²) in [6.45, 7) is 4.67. The van der Waals surface area contributed by atoms with E-state index in [0.717, 1.165) is 5.56 Å². The van der Waals surface area contributed by atoms with Gasteiger partial charge in [-0.15, -0.1) is 0 Å². The molecular weight excluding hydrogens is 366 g/mol. The molecule has 0 radical (unpaired) electrons. The molecule has 2 amide bonds. The van der Waals surface area contributed by atoms with Crippen molar-refractivity contribution < 1.29 is 19.1 Å². The maximum atomic E-state index is 11.7. The van der Waals surface area contributed by atoms with Crippen molar-refractivity contribution in [2.45, 2.75) is 26.6 Å². The summed E-state index contributed by atoms with van der Waals surface area (Å²) in [6.07, 6.45) is -1.62. The Morgan fingerprint density at radius 1 is 0.931 bits per heavy atom. The van der Waals surface area contributed by atoms with E-state index in [9.17, 15) is 9.59 Å². The molecule has 0 saturated carbocycles. The van der Waals surface area contributed by atoms with E-state index >= 15 is 0 Å². The lowest BCUT2D eigenvalue weighted by atomic mass is 9.95. The Kier molecular flexibility index (Phi) is 5.04. The molecule has 1 heterocycles. The second-order valence-electron chi connectivity index (χ2n) is 7.10. The lowest BCUT2D eigenvalue weighted by molar-refractivity contribution is -0.123. The molecule has 0 spiro atoms. The fraction of sp³-hybridized carbons (Fsp3) is 0.167. The first-order chi connectivity index (χ1) is 14.0. The van der Waals surface area contributed by atoms with Crippen molar-refractivity contribution in [2.75, 3.05) is 0 Å². The van der Waals surface area contributed by atoms with Crippen LogP contribution in [0.25, 0.3) is 11.1 Å². The average Bonchev–Trinajstić information content (AvgIpc) is 3.05. The molecule has 4 rings (SSSR count). The summed E-state index contributed by atoms with van der Waals surface area (Å²) in [5.41, 5.74) is 6.59. The number of carbonyl (C=O) groups excluding carboxylic acids is 2. The molecule has 1 N–H and O–H groups in total. The van der Waals surface area contributed by atoms with Crippen LogP contribution in [-0.2, 0) is 16.1 Å². The van der Waals surface area contributed by atoms with E-state index in [1.54, 1.807) is 24.3 Å². The number of benzene rings is 3. The number of nitrogens with one attached hydrogen (secondary N) is 1. The summed E-state index contributed by atoms with van der Waals surface area (Å²) >= 11 is 0. The molecule has 29 heavy (non-hydrogen) atoms. The fourth-order valence-electron chi connectivity index (χ4n) is 3.57. The molecule has 5 nitrogen and oxygen atoms in total. The number of ether oxygens (including phenoxy) is 2. The van der Waals surface area contributed by atoms with Gasteiger partial charge in [-0.25, -0.2) is 4.79 Å². The molecule has 146 valence electrons. The molecule has 3 aromatic rings. The van der Waals surface area contributed by atoms with Gasteiger partial charge >= 0.3 is 6.09 Å². The average molecular weight is 387 g/mol. The molecule has 0 bridgehead atoms. The molecule has 3 aromatic carbocycles. The van der Waals surface area contributed by atoms with Crippen molar-refractivity contribution in [2.24, 2.45) is 0 Å². The van der Waals surface area contributed by atoms with E-state index in [1.165, 1.54) is 22.3 Å². The van der Waals surface area contributed by atoms with E-state index in [4.69, 9.17) is 9.47 Å². The third-order valence-electron chi connectivity index (χ3n) is 4.97. The van der Waals surface area contributed by atoms with E-state index in [1.807, 2.05) is 12.1 Å². The number of rotatable bonds is 5. The van der Waals surface area contributed by atoms with Crippen LogP contribution in [0.15, 0.2) is 66.7 Å². The van der Waals surface area contributed by atoms with Crippen LogP contribution in [0.4, 0.5) is 4.79 Å². The number of imide groups is 1. The normalized spacial score (nSPS) is 15.7. The van der Waals surface area contributed by atoms with Crippen LogP contribution in [0.5, 0.6) is 5.75 Å². The Hall–Kier alpha value is -3.60. The van der Waals surface area contributed by atoms with Gasteiger partial charge in [-0.2, -0.15) is 0 Å². The Morgan fingerprint density at radius 3 is 2.28 bits per heavy atom. The molecule has 1 fully saturated rings. The SMILES string of the molecule is Cc1cccc(C)c1-c1cccc(COc2ccc(C3OC(=O)NC3=O)cc2)c1. The lowest BCUT2D eigenvalue weighted by Crippen LogP contribution is -2.20. The molecule has 5 heteroatoms. The summed E-state index contributed by atoms with van der Waals surface area (Å²) in [5.74, 6) is 0.225. The standard InChI is InChI=1S/C24H21NO4/c1-15-5-3-6-16(2)21(15)19-8-4-7-17(13-19)14-28-20-11-9-18(10-12-20)22-23(26)25-24(27)29-22/h3-13,22H,14H2,1-2H3,(H,25,26,27). The number of aryl methyl sites for hydroxylation is 2. The molecule has 1 saturated heterocycles. The minimum atomic E-state index is -0.898. The zero-order valence-electron chi connectivity index (χ0n) is 16.3. The van der Waals surface area contributed by atoms with Gasteiger partial charge < -0.3 is 9.47 Å². The largest absolute Gasteiger partial charge is 0.489 e. The molecule has 1 atom stereocenters. The summed E-state index contributed by atoms with van der Waals surface area (Å²) in [6, 6.07) is 21.6. The Bertz CT molecular complexity index is 1050. The molecule has 0 aromatic heterocycles. The van der Waals surface area contributed by atoms with Crippen molar-refractivity contribution in [1.82, 2.24) is 5.32 Å². The van der Waals surface area contributed by atoms with Gasteiger partial charge in [-0.3, -0.25) is 10.1 Å². The second kappa shape index (κ2) is 7.80.